The Hall–Kier alpha value is -4.04. The maximum Gasteiger partial charge on any atom is 0.139 e. The van der Waals surface area contributed by atoms with Crippen LogP contribution in [-0.2, 0) is 12.8 Å². The van der Waals surface area contributed by atoms with E-state index < -0.39 is 0 Å². The molecule has 0 fully saturated rings. The van der Waals surface area contributed by atoms with Gasteiger partial charge in [0.05, 0.1) is 0 Å². The summed E-state index contributed by atoms with van der Waals surface area (Å²) < 4.78 is 12.6. The quantitative estimate of drug-likeness (QED) is 0.254. The van der Waals surface area contributed by atoms with Crippen LogP contribution in [0.2, 0.25) is 0 Å². The number of rotatable bonds is 9. The minimum atomic E-state index is 0.708. The normalized spacial score (nSPS) is 10.4. The second-order valence-corrected chi connectivity index (χ2v) is 7.42. The molecule has 0 saturated carbocycles. The molecule has 0 aromatic heterocycles. The Balaban J connectivity index is 1.76. The lowest BCUT2D eigenvalue weighted by molar-refractivity contribution is 0.458. The Labute approximate surface area is 190 Å². The van der Waals surface area contributed by atoms with E-state index in [1.54, 1.807) is 0 Å². The molecule has 0 aliphatic carbocycles. The maximum absolute atomic E-state index is 6.55. The molecule has 4 aromatic rings. The molecular weight excluding hydrogens is 392 g/mol. The molecule has 158 valence electrons. The van der Waals surface area contributed by atoms with Crippen LogP contribution < -0.4 is 9.47 Å². The number of allylic oxidation sites excluding steroid dienone is 2. The molecule has 0 atom stereocenters. The fraction of sp³-hybridized carbons (Fsp3) is 0.0667. The van der Waals surface area contributed by atoms with Gasteiger partial charge in [0.15, 0.2) is 0 Å². The molecule has 0 bridgehead atoms. The van der Waals surface area contributed by atoms with Gasteiger partial charge in [0.25, 0.3) is 0 Å². The van der Waals surface area contributed by atoms with Crippen molar-refractivity contribution in [3.8, 4) is 34.1 Å². The molecule has 2 nitrogen and oxygen atoms in total. The molecule has 0 radical (unpaired) electrons. The van der Waals surface area contributed by atoms with E-state index in [4.69, 9.17) is 9.47 Å². The fourth-order valence-corrected chi connectivity index (χ4v) is 3.69. The molecular formula is C30H26O2. The van der Waals surface area contributed by atoms with Gasteiger partial charge in [-0.1, -0.05) is 78.9 Å². The first-order valence-electron chi connectivity index (χ1n) is 10.7. The molecule has 0 unspecified atom stereocenters. The summed E-state index contributed by atoms with van der Waals surface area (Å²) in [5, 5.41) is 0. The molecule has 0 N–H and O–H groups in total. The molecule has 32 heavy (non-hydrogen) atoms. The van der Waals surface area contributed by atoms with Crippen molar-refractivity contribution in [3.63, 3.8) is 0 Å². The van der Waals surface area contributed by atoms with Crippen LogP contribution in [0.15, 0.2) is 122 Å². The van der Waals surface area contributed by atoms with E-state index in [1.807, 2.05) is 84.9 Å². The lowest BCUT2D eigenvalue weighted by atomic mass is 9.94. The number of para-hydroxylation sites is 1. The van der Waals surface area contributed by atoms with Gasteiger partial charge in [0.2, 0.25) is 0 Å². The van der Waals surface area contributed by atoms with Crippen molar-refractivity contribution < 1.29 is 9.47 Å². The summed E-state index contributed by atoms with van der Waals surface area (Å²) in [5.41, 5.74) is 4.46. The topological polar surface area (TPSA) is 18.5 Å². The lowest BCUT2D eigenvalue weighted by Gasteiger charge is -2.19. The third kappa shape index (κ3) is 4.98. The number of hydrogen-bond acceptors (Lipinski definition) is 2. The van der Waals surface area contributed by atoms with Gasteiger partial charge in [0.1, 0.15) is 23.0 Å². The zero-order chi connectivity index (χ0) is 22.2. The highest BCUT2D eigenvalue weighted by atomic mass is 16.5. The van der Waals surface area contributed by atoms with E-state index in [0.717, 1.165) is 46.1 Å². The van der Waals surface area contributed by atoms with Crippen molar-refractivity contribution in [1.29, 1.82) is 0 Å². The van der Waals surface area contributed by atoms with Crippen LogP contribution in [0.5, 0.6) is 23.0 Å². The number of hydrogen-bond donors (Lipinski definition) is 0. The van der Waals surface area contributed by atoms with E-state index in [0.29, 0.717) is 6.42 Å². The van der Waals surface area contributed by atoms with Gasteiger partial charge >= 0.3 is 0 Å². The summed E-state index contributed by atoms with van der Waals surface area (Å²) in [6.45, 7) is 7.89. The van der Waals surface area contributed by atoms with Crippen molar-refractivity contribution in [3.05, 3.63) is 133 Å². The van der Waals surface area contributed by atoms with Crippen molar-refractivity contribution in [2.24, 2.45) is 0 Å². The predicted octanol–water partition coefficient (Wildman–Crippen LogP) is 8.40. The molecule has 0 aliphatic heterocycles. The average molecular weight is 419 g/mol. The van der Waals surface area contributed by atoms with Gasteiger partial charge in [-0.2, -0.15) is 0 Å². The molecule has 0 aliphatic rings. The van der Waals surface area contributed by atoms with Gasteiger partial charge in [-0.3, -0.25) is 0 Å². The molecule has 0 amide bonds. The van der Waals surface area contributed by atoms with Crippen molar-refractivity contribution in [1.82, 2.24) is 0 Å². The van der Waals surface area contributed by atoms with E-state index in [9.17, 15) is 0 Å². The Morgan fingerprint density at radius 3 is 1.91 bits per heavy atom. The van der Waals surface area contributed by atoms with Crippen LogP contribution in [-0.4, -0.2) is 0 Å². The van der Waals surface area contributed by atoms with Crippen LogP contribution in [0.4, 0.5) is 0 Å². The van der Waals surface area contributed by atoms with Crippen LogP contribution >= 0.6 is 0 Å². The highest BCUT2D eigenvalue weighted by Gasteiger charge is 2.16. The first-order chi connectivity index (χ1) is 15.8. The summed E-state index contributed by atoms with van der Waals surface area (Å²) in [6.07, 6.45) is 5.31. The minimum absolute atomic E-state index is 0.708. The van der Waals surface area contributed by atoms with E-state index in [2.05, 4.69) is 37.4 Å². The summed E-state index contributed by atoms with van der Waals surface area (Å²) in [5.74, 6) is 3.07. The molecule has 0 saturated heterocycles. The van der Waals surface area contributed by atoms with Gasteiger partial charge in [-0.25, -0.2) is 0 Å². The molecule has 0 spiro atoms. The van der Waals surface area contributed by atoms with E-state index >= 15 is 0 Å². The Morgan fingerprint density at radius 2 is 1.22 bits per heavy atom. The number of benzene rings is 4. The highest BCUT2D eigenvalue weighted by Crippen LogP contribution is 2.40. The lowest BCUT2D eigenvalue weighted by Crippen LogP contribution is -2.00. The predicted molar refractivity (Wildman–Crippen MR) is 133 cm³/mol. The second kappa shape index (κ2) is 10.3. The first kappa shape index (κ1) is 21.2. The van der Waals surface area contributed by atoms with Crippen LogP contribution in [0.25, 0.3) is 11.1 Å². The maximum atomic E-state index is 6.55. The minimum Gasteiger partial charge on any atom is -0.457 e. The summed E-state index contributed by atoms with van der Waals surface area (Å²) >= 11 is 0. The number of ether oxygens (including phenoxy) is 2. The van der Waals surface area contributed by atoms with Gasteiger partial charge < -0.3 is 9.47 Å². The third-order valence-electron chi connectivity index (χ3n) is 5.16. The van der Waals surface area contributed by atoms with E-state index in [-0.39, 0.29) is 0 Å². The summed E-state index contributed by atoms with van der Waals surface area (Å²) in [7, 11) is 0. The van der Waals surface area contributed by atoms with Crippen molar-refractivity contribution >= 4 is 0 Å². The summed E-state index contributed by atoms with van der Waals surface area (Å²) in [6, 6.07) is 32.1. The van der Waals surface area contributed by atoms with Gasteiger partial charge in [0, 0.05) is 17.2 Å². The molecule has 4 rings (SSSR count). The zero-order valence-electron chi connectivity index (χ0n) is 18.0. The van der Waals surface area contributed by atoms with Crippen LogP contribution in [0.1, 0.15) is 11.1 Å². The first-order valence-corrected chi connectivity index (χ1v) is 10.7. The van der Waals surface area contributed by atoms with Crippen LogP contribution in [0.3, 0.4) is 0 Å². The zero-order valence-corrected chi connectivity index (χ0v) is 18.0. The fourth-order valence-electron chi connectivity index (χ4n) is 3.69. The average Bonchev–Trinajstić information content (AvgIpc) is 2.83. The van der Waals surface area contributed by atoms with Crippen molar-refractivity contribution in [2.45, 2.75) is 12.8 Å². The van der Waals surface area contributed by atoms with Crippen molar-refractivity contribution in [2.75, 3.05) is 0 Å². The largest absolute Gasteiger partial charge is 0.457 e. The second-order valence-electron chi connectivity index (χ2n) is 7.42. The third-order valence-corrected chi connectivity index (χ3v) is 5.16. The van der Waals surface area contributed by atoms with Gasteiger partial charge in [-0.15, -0.1) is 13.2 Å². The van der Waals surface area contributed by atoms with Crippen LogP contribution in [0, 0.1) is 0 Å². The highest BCUT2D eigenvalue weighted by molar-refractivity contribution is 5.74. The van der Waals surface area contributed by atoms with E-state index in [1.165, 1.54) is 5.56 Å². The van der Waals surface area contributed by atoms with Gasteiger partial charge in [-0.05, 0) is 48.2 Å². The molecule has 2 heteroatoms. The Morgan fingerprint density at radius 1 is 0.594 bits per heavy atom. The Kier molecular flexibility index (Phi) is 6.84. The monoisotopic (exact) mass is 418 g/mol. The SMILES string of the molecule is C=CCc1ccc(-c2ccccc2)c(Oc2cccc(Oc3ccccc3)c2)c1CC=C. The molecule has 0 heterocycles. The molecule has 4 aromatic carbocycles. The standard InChI is InChI=1S/C30H26O2/c1-3-12-23-20-21-29(24-14-7-5-8-15-24)30(28(23)13-4-2)32-27-19-11-18-26(22-27)31-25-16-9-6-10-17-25/h3-11,14-22H,1-2,12-13H2. The summed E-state index contributed by atoms with van der Waals surface area (Å²) in [4.78, 5) is 0. The Bertz CT molecular complexity index is 1190. The smallest absolute Gasteiger partial charge is 0.139 e.